The van der Waals surface area contributed by atoms with Gasteiger partial charge in [-0.1, -0.05) is 24.3 Å². The number of carbonyl (C=O) groups excluding carboxylic acids is 1. The van der Waals surface area contributed by atoms with Crippen LogP contribution in [0.15, 0.2) is 54.7 Å². The van der Waals surface area contributed by atoms with E-state index in [2.05, 4.69) is 4.98 Å². The maximum absolute atomic E-state index is 13.6. The van der Waals surface area contributed by atoms with Gasteiger partial charge in [-0.05, 0) is 35.2 Å². The molecule has 0 aliphatic heterocycles. The molecular weight excluding hydrogens is 272 g/mol. The minimum Gasteiger partial charge on any atom is -0.292 e. The van der Waals surface area contributed by atoms with Crippen LogP contribution >= 0.6 is 0 Å². The largest absolute Gasteiger partial charge is 0.292 e. The topological polar surface area (TPSA) is 30.0 Å². The van der Waals surface area contributed by atoms with Crippen molar-refractivity contribution in [3.8, 4) is 0 Å². The summed E-state index contributed by atoms with van der Waals surface area (Å²) < 4.78 is 26.8. The fourth-order valence-electron chi connectivity index (χ4n) is 2.28. The second kappa shape index (κ2) is 5.40. The van der Waals surface area contributed by atoms with Crippen LogP contribution in [0, 0.1) is 11.6 Å². The van der Waals surface area contributed by atoms with Crippen LogP contribution in [0.3, 0.4) is 0 Å². The summed E-state index contributed by atoms with van der Waals surface area (Å²) in [6, 6.07) is 12.2. The summed E-state index contributed by atoms with van der Waals surface area (Å²) in [5.74, 6) is -1.49. The summed E-state index contributed by atoms with van der Waals surface area (Å²) in [6.07, 6.45) is 1.32. The number of nitrogens with zero attached hydrogens (tertiary/aromatic N) is 1. The first-order valence-electron chi connectivity index (χ1n) is 6.46. The molecule has 21 heavy (non-hydrogen) atoms. The van der Waals surface area contributed by atoms with E-state index in [9.17, 15) is 13.6 Å². The fraction of sp³-hybridized carbons (Fsp3) is 0.0588. The van der Waals surface area contributed by atoms with Crippen molar-refractivity contribution < 1.29 is 13.6 Å². The van der Waals surface area contributed by atoms with Gasteiger partial charge in [0.2, 0.25) is 0 Å². The highest BCUT2D eigenvalue weighted by atomic mass is 19.1. The van der Waals surface area contributed by atoms with Gasteiger partial charge < -0.3 is 0 Å². The van der Waals surface area contributed by atoms with Gasteiger partial charge in [0.15, 0.2) is 5.78 Å². The summed E-state index contributed by atoms with van der Waals surface area (Å²) in [7, 11) is 0. The number of hydrogen-bond donors (Lipinski definition) is 0. The van der Waals surface area contributed by atoms with Gasteiger partial charge in [0, 0.05) is 18.0 Å². The lowest BCUT2D eigenvalue weighted by atomic mass is 10.0. The molecule has 0 fully saturated rings. The Labute approximate surface area is 120 Å². The van der Waals surface area contributed by atoms with Gasteiger partial charge in [0.25, 0.3) is 0 Å². The van der Waals surface area contributed by atoms with E-state index >= 15 is 0 Å². The molecule has 4 heteroatoms. The Kier molecular flexibility index (Phi) is 3.44. The zero-order valence-corrected chi connectivity index (χ0v) is 11.0. The lowest BCUT2D eigenvalue weighted by Gasteiger charge is -2.06. The fourth-order valence-corrected chi connectivity index (χ4v) is 2.28. The van der Waals surface area contributed by atoms with E-state index in [1.54, 1.807) is 12.1 Å². The van der Waals surface area contributed by atoms with Crippen LogP contribution in [-0.2, 0) is 6.42 Å². The summed E-state index contributed by atoms with van der Waals surface area (Å²) in [4.78, 5) is 16.4. The molecular formula is C17H11F2NO. The lowest BCUT2D eigenvalue weighted by molar-refractivity contribution is 0.0989. The molecule has 0 aliphatic rings. The molecule has 0 N–H and O–H groups in total. The smallest absolute Gasteiger partial charge is 0.186 e. The van der Waals surface area contributed by atoms with Crippen LogP contribution in [0.2, 0.25) is 0 Å². The third-order valence-electron chi connectivity index (χ3n) is 3.30. The number of aromatic nitrogens is 1. The first-order valence-corrected chi connectivity index (χ1v) is 6.46. The summed E-state index contributed by atoms with van der Waals surface area (Å²) in [5, 5.41) is 1.59. The van der Waals surface area contributed by atoms with Crippen LogP contribution in [0.25, 0.3) is 10.8 Å². The Balaban J connectivity index is 1.99. The summed E-state index contributed by atoms with van der Waals surface area (Å²) >= 11 is 0. The maximum atomic E-state index is 13.6. The number of halogens is 2. The number of benzene rings is 2. The molecule has 0 atom stereocenters. The molecule has 104 valence electrons. The molecule has 0 saturated carbocycles. The number of rotatable bonds is 3. The molecule has 0 radical (unpaired) electrons. The first-order chi connectivity index (χ1) is 10.1. The average molecular weight is 283 g/mol. The SMILES string of the molecule is O=C(Cc1cc(F)ccc1F)c1nccc2ccccc12. The Hall–Kier alpha value is -2.62. The molecule has 1 aromatic heterocycles. The highest BCUT2D eigenvalue weighted by Crippen LogP contribution is 2.19. The van der Waals surface area contributed by atoms with Crippen molar-refractivity contribution in [1.82, 2.24) is 4.98 Å². The van der Waals surface area contributed by atoms with Crippen molar-refractivity contribution in [3.63, 3.8) is 0 Å². The molecule has 1 heterocycles. The van der Waals surface area contributed by atoms with Gasteiger partial charge >= 0.3 is 0 Å². The van der Waals surface area contributed by atoms with Crippen molar-refractivity contribution >= 4 is 16.6 Å². The van der Waals surface area contributed by atoms with Crippen molar-refractivity contribution in [2.24, 2.45) is 0 Å². The summed E-state index contributed by atoms with van der Waals surface area (Å²) in [6.45, 7) is 0. The van der Waals surface area contributed by atoms with Gasteiger partial charge in [-0.25, -0.2) is 8.78 Å². The monoisotopic (exact) mass is 283 g/mol. The minimum absolute atomic E-state index is 0.0368. The standard InChI is InChI=1S/C17H11F2NO/c18-13-5-6-15(19)12(9-13)10-16(21)17-14-4-2-1-3-11(14)7-8-20-17/h1-9H,10H2. The van der Waals surface area contributed by atoms with E-state index in [4.69, 9.17) is 0 Å². The molecule has 2 nitrogen and oxygen atoms in total. The number of fused-ring (bicyclic) bond motifs is 1. The van der Waals surface area contributed by atoms with Crippen molar-refractivity contribution in [2.45, 2.75) is 6.42 Å². The van der Waals surface area contributed by atoms with E-state index in [-0.39, 0.29) is 23.5 Å². The molecule has 2 aromatic carbocycles. The second-order valence-electron chi connectivity index (χ2n) is 4.72. The van der Waals surface area contributed by atoms with Crippen LogP contribution in [-0.4, -0.2) is 10.8 Å². The van der Waals surface area contributed by atoms with E-state index in [1.165, 1.54) is 6.20 Å². The van der Waals surface area contributed by atoms with Crippen LogP contribution in [0.1, 0.15) is 16.1 Å². The first kappa shape index (κ1) is 13.4. The third-order valence-corrected chi connectivity index (χ3v) is 3.30. The van der Waals surface area contributed by atoms with Crippen molar-refractivity contribution in [2.75, 3.05) is 0 Å². The number of hydrogen-bond acceptors (Lipinski definition) is 2. The summed E-state index contributed by atoms with van der Waals surface area (Å²) in [5.41, 5.74) is 0.312. The van der Waals surface area contributed by atoms with E-state index in [0.717, 1.165) is 23.6 Å². The van der Waals surface area contributed by atoms with E-state index in [1.807, 2.05) is 18.2 Å². The zero-order valence-electron chi connectivity index (χ0n) is 11.0. The van der Waals surface area contributed by atoms with Gasteiger partial charge in [-0.3, -0.25) is 9.78 Å². The van der Waals surface area contributed by atoms with Crippen molar-refractivity contribution in [1.29, 1.82) is 0 Å². The van der Waals surface area contributed by atoms with Gasteiger partial charge in [0.1, 0.15) is 17.3 Å². The molecule has 0 saturated heterocycles. The Bertz CT molecular complexity index is 825. The molecule has 0 bridgehead atoms. The molecule has 0 aliphatic carbocycles. The number of carbonyl (C=O) groups is 1. The van der Waals surface area contributed by atoms with Crippen molar-refractivity contribution in [3.05, 3.63) is 77.6 Å². The maximum Gasteiger partial charge on any atom is 0.186 e. The van der Waals surface area contributed by atoms with E-state index < -0.39 is 11.6 Å². The molecule has 3 rings (SSSR count). The predicted molar refractivity (Wildman–Crippen MR) is 76.1 cm³/mol. The molecule has 0 unspecified atom stereocenters. The highest BCUT2D eigenvalue weighted by molar-refractivity contribution is 6.07. The van der Waals surface area contributed by atoms with Crippen LogP contribution < -0.4 is 0 Å². The molecule has 0 spiro atoms. The Morgan fingerprint density at radius 1 is 1.05 bits per heavy atom. The van der Waals surface area contributed by atoms with E-state index in [0.29, 0.717) is 5.39 Å². The van der Waals surface area contributed by atoms with Gasteiger partial charge in [-0.2, -0.15) is 0 Å². The van der Waals surface area contributed by atoms with Gasteiger partial charge in [-0.15, -0.1) is 0 Å². The zero-order chi connectivity index (χ0) is 14.8. The molecule has 0 amide bonds. The average Bonchev–Trinajstić information content (AvgIpc) is 2.50. The normalized spacial score (nSPS) is 10.8. The predicted octanol–water partition coefficient (Wildman–Crippen LogP) is 3.94. The number of Topliss-reactive ketones (excluding diaryl/α,β-unsaturated/α-hetero) is 1. The Morgan fingerprint density at radius 2 is 1.86 bits per heavy atom. The quantitative estimate of drug-likeness (QED) is 0.681. The van der Waals surface area contributed by atoms with Crippen LogP contribution in [0.4, 0.5) is 8.78 Å². The Morgan fingerprint density at radius 3 is 2.71 bits per heavy atom. The third kappa shape index (κ3) is 2.65. The van der Waals surface area contributed by atoms with Crippen LogP contribution in [0.5, 0.6) is 0 Å². The number of pyridine rings is 1. The lowest BCUT2D eigenvalue weighted by Crippen LogP contribution is -2.08. The number of ketones is 1. The highest BCUT2D eigenvalue weighted by Gasteiger charge is 2.15. The minimum atomic E-state index is -0.593. The molecule has 3 aromatic rings. The van der Waals surface area contributed by atoms with Gasteiger partial charge in [0.05, 0.1) is 0 Å². The second-order valence-corrected chi connectivity index (χ2v) is 4.72.